The zero-order valence-electron chi connectivity index (χ0n) is 33.7. The van der Waals surface area contributed by atoms with Crippen molar-refractivity contribution in [2.45, 2.75) is 178 Å². The second kappa shape index (κ2) is 11.2. The molecule has 1 heterocycles. The van der Waals surface area contributed by atoms with Crippen LogP contribution in [0.3, 0.4) is 0 Å². The molecule has 0 saturated heterocycles. The number of hydrogen-bond donors (Lipinski definition) is 1. The van der Waals surface area contributed by atoms with Crippen molar-refractivity contribution in [2.75, 3.05) is 0 Å². The SMILES string of the molecule is CC(C)(C)N[Si]1c2c(C([Si](C)(C)C)[Si](C)(C)C)cc(C([Si](C)(C)C)([Si](C)(C)C)[Si](C)(C)C)cc2C1([Si](C)(C)C)[Si](C)(C)C. The molecular weight excluding hydrogens is 647 g/mol. The van der Waals surface area contributed by atoms with Crippen LogP contribution < -0.4 is 10.2 Å². The molecule has 9 heteroatoms. The van der Waals surface area contributed by atoms with Crippen molar-refractivity contribution in [3.8, 4) is 0 Å². The maximum absolute atomic E-state index is 4.49. The first-order valence-electron chi connectivity index (χ1n) is 17.3. The highest BCUT2D eigenvalue weighted by molar-refractivity contribution is 7.16. The van der Waals surface area contributed by atoms with E-state index in [4.69, 9.17) is 0 Å². The molecule has 1 aromatic rings. The predicted octanol–water partition coefficient (Wildman–Crippen LogP) is 10.5. The fourth-order valence-electron chi connectivity index (χ4n) is 12.1. The maximum atomic E-state index is 4.49. The molecule has 1 aliphatic heterocycles. The summed E-state index contributed by atoms with van der Waals surface area (Å²) >= 11 is 0. The molecule has 0 saturated carbocycles. The summed E-state index contributed by atoms with van der Waals surface area (Å²) in [6, 6.07) is 5.93. The van der Waals surface area contributed by atoms with Crippen LogP contribution in [0.15, 0.2) is 12.1 Å². The Labute approximate surface area is 280 Å². The molecule has 0 aromatic heterocycles. The summed E-state index contributed by atoms with van der Waals surface area (Å²) in [6.07, 6.45) is 0. The lowest BCUT2D eigenvalue weighted by molar-refractivity contribution is 0.513. The standard InChI is InChI=1S/C34H76NSi8/c1-32(2,3)35-36-30-28(31(37(4,5)6)38(7,8)9)25-27(26-29(30)33(36,39(10,11)12)40(13,14)15)34(41(16,17)18,42(19,20)21)43(22,23)24/h25-26,31,35H,1-24H3. The van der Waals surface area contributed by atoms with Crippen molar-refractivity contribution < 1.29 is 0 Å². The summed E-state index contributed by atoms with van der Waals surface area (Å²) < 4.78 is 0.816. The average molecular weight is 724 g/mol. The Kier molecular flexibility index (Phi) is 10.5. The Morgan fingerprint density at radius 3 is 1.19 bits per heavy atom. The molecule has 2 rings (SSSR count). The number of rotatable bonds is 10. The van der Waals surface area contributed by atoms with Crippen LogP contribution in [0.1, 0.15) is 42.6 Å². The van der Waals surface area contributed by atoms with E-state index in [1.165, 1.54) is 0 Å². The van der Waals surface area contributed by atoms with Crippen LogP contribution in [-0.4, -0.2) is 71.0 Å². The fourth-order valence-corrected chi connectivity index (χ4v) is 76.2. The van der Waals surface area contributed by atoms with E-state index in [2.05, 4.69) is 175 Å². The van der Waals surface area contributed by atoms with E-state index in [0.717, 1.165) is 5.16 Å². The Morgan fingerprint density at radius 2 is 0.930 bits per heavy atom. The van der Waals surface area contributed by atoms with Gasteiger partial charge in [0.05, 0.1) is 16.1 Å². The highest BCUT2D eigenvalue weighted by atomic mass is 28.5. The van der Waals surface area contributed by atoms with Gasteiger partial charge in [0.2, 0.25) is 0 Å². The van der Waals surface area contributed by atoms with E-state index in [9.17, 15) is 0 Å². The van der Waals surface area contributed by atoms with Crippen LogP contribution in [0.4, 0.5) is 0 Å². The van der Waals surface area contributed by atoms with Crippen LogP contribution in [0.2, 0.25) is 137 Å². The minimum Gasteiger partial charge on any atom is -0.330 e. The van der Waals surface area contributed by atoms with E-state index in [1.807, 2.05) is 21.9 Å². The molecule has 1 radical (unpaired) electrons. The van der Waals surface area contributed by atoms with Crippen molar-refractivity contribution >= 4 is 70.7 Å². The molecule has 1 nitrogen and oxygen atoms in total. The summed E-state index contributed by atoms with van der Waals surface area (Å²) in [5, 5.41) is 2.65. The highest BCUT2D eigenvalue weighted by Crippen LogP contribution is 2.56. The number of hydrogen-bond acceptors (Lipinski definition) is 1. The van der Waals surface area contributed by atoms with E-state index in [-0.39, 0.29) is 5.54 Å². The molecule has 1 N–H and O–H groups in total. The first-order chi connectivity index (χ1) is 18.4. The third-order valence-corrected chi connectivity index (χ3v) is 59.8. The van der Waals surface area contributed by atoms with Gasteiger partial charge in [-0.15, -0.1) is 0 Å². The molecular formula is C34H76NSi8. The molecule has 1 aliphatic rings. The Hall–Kier alpha value is 0.915. The van der Waals surface area contributed by atoms with Crippen molar-refractivity contribution in [2.24, 2.45) is 0 Å². The van der Waals surface area contributed by atoms with E-state index < -0.39 is 65.5 Å². The number of benzene rings is 1. The quantitative estimate of drug-likeness (QED) is 0.237. The van der Waals surface area contributed by atoms with Crippen LogP contribution in [0, 0.1) is 0 Å². The Balaban J connectivity index is 3.50. The van der Waals surface area contributed by atoms with Gasteiger partial charge >= 0.3 is 0 Å². The molecule has 0 atom stereocenters. The lowest BCUT2D eigenvalue weighted by Crippen LogP contribution is -2.87. The summed E-state index contributed by atoms with van der Waals surface area (Å²) in [5.74, 6) is 0. The van der Waals surface area contributed by atoms with Gasteiger partial charge in [-0.1, -0.05) is 150 Å². The first-order valence-corrected chi connectivity index (χ1v) is 43.4. The Bertz CT molecular complexity index is 1100. The molecule has 0 fully saturated rings. The predicted molar refractivity (Wildman–Crippen MR) is 224 cm³/mol. The monoisotopic (exact) mass is 722 g/mol. The van der Waals surface area contributed by atoms with Crippen LogP contribution in [0.25, 0.3) is 0 Å². The summed E-state index contributed by atoms with van der Waals surface area (Å²) in [5.41, 5.74) is 5.70. The first kappa shape index (κ1) is 40.1. The van der Waals surface area contributed by atoms with Crippen molar-refractivity contribution in [3.05, 3.63) is 28.8 Å². The van der Waals surface area contributed by atoms with Gasteiger partial charge in [-0.25, -0.2) is 0 Å². The lowest BCUT2D eigenvalue weighted by atomic mass is 10.1. The normalized spacial score (nSPS) is 18.2. The van der Waals surface area contributed by atoms with Crippen molar-refractivity contribution in [3.63, 3.8) is 0 Å². The van der Waals surface area contributed by atoms with Crippen LogP contribution >= 0.6 is 0 Å². The number of nitrogens with one attached hydrogen (secondary N) is 1. The van der Waals surface area contributed by atoms with E-state index in [0.29, 0.717) is 8.57 Å². The van der Waals surface area contributed by atoms with Gasteiger partial charge in [0.25, 0.3) is 0 Å². The maximum Gasteiger partial charge on any atom is 0.176 e. The topological polar surface area (TPSA) is 12.0 Å². The van der Waals surface area contributed by atoms with E-state index in [1.54, 1.807) is 0 Å². The highest BCUT2D eigenvalue weighted by Gasteiger charge is 2.69. The summed E-state index contributed by atoms with van der Waals surface area (Å²) in [4.78, 5) is 4.49. The molecule has 43 heavy (non-hydrogen) atoms. The molecule has 1 aromatic carbocycles. The van der Waals surface area contributed by atoms with Crippen LogP contribution in [0.5, 0.6) is 0 Å². The third kappa shape index (κ3) is 6.53. The minimum absolute atomic E-state index is 0.124. The second-order valence-electron chi connectivity index (χ2n) is 22.7. The third-order valence-electron chi connectivity index (χ3n) is 10.8. The molecule has 0 amide bonds. The molecule has 0 aliphatic carbocycles. The van der Waals surface area contributed by atoms with Gasteiger partial charge in [0.1, 0.15) is 0 Å². The second-order valence-corrected chi connectivity index (χ2v) is 65.3. The van der Waals surface area contributed by atoms with Gasteiger partial charge in [0.15, 0.2) is 8.96 Å². The van der Waals surface area contributed by atoms with Gasteiger partial charge < -0.3 is 4.98 Å². The molecule has 0 spiro atoms. The Morgan fingerprint density at radius 1 is 0.581 bits per heavy atom. The largest absolute Gasteiger partial charge is 0.330 e. The van der Waals surface area contributed by atoms with Crippen molar-refractivity contribution in [1.29, 1.82) is 0 Å². The minimum atomic E-state index is -1.65. The smallest absolute Gasteiger partial charge is 0.176 e. The van der Waals surface area contributed by atoms with Gasteiger partial charge in [0, 0.05) is 45.9 Å². The fraction of sp³-hybridized carbons (Fsp3) is 0.824. The number of fused-ring (bicyclic) bond motifs is 1. The molecule has 0 unspecified atom stereocenters. The van der Waals surface area contributed by atoms with Crippen molar-refractivity contribution in [1.82, 2.24) is 4.98 Å². The average Bonchev–Trinajstić information content (AvgIpc) is 2.57. The van der Waals surface area contributed by atoms with Crippen LogP contribution in [-0.2, 0) is 8.57 Å². The van der Waals surface area contributed by atoms with Gasteiger partial charge in [-0.05, 0) is 56.4 Å². The van der Waals surface area contributed by atoms with E-state index >= 15 is 0 Å². The summed E-state index contributed by atoms with van der Waals surface area (Å²) in [6.45, 7) is 64.7. The van der Waals surface area contributed by atoms with Gasteiger partial charge in [-0.3, -0.25) is 0 Å². The zero-order chi connectivity index (χ0) is 34.6. The van der Waals surface area contributed by atoms with Gasteiger partial charge in [-0.2, -0.15) is 0 Å². The zero-order valence-corrected chi connectivity index (χ0v) is 41.7. The molecule has 249 valence electrons. The molecule has 0 bridgehead atoms. The lowest BCUT2D eigenvalue weighted by Gasteiger charge is -2.66. The summed E-state index contributed by atoms with van der Waals surface area (Å²) in [7, 11) is -12.2.